The average Bonchev–Trinajstić information content (AvgIpc) is 2.32. The summed E-state index contributed by atoms with van der Waals surface area (Å²) in [5.74, 6) is 0.255. The normalized spacial score (nSPS) is 25.2. The molecule has 1 rings (SSSR count). The summed E-state index contributed by atoms with van der Waals surface area (Å²) in [6, 6.07) is 0. The third-order valence-electron chi connectivity index (χ3n) is 3.64. The van der Waals surface area contributed by atoms with Gasteiger partial charge in [-0.1, -0.05) is 26.2 Å². The molecule has 0 aromatic rings. The molecule has 0 aromatic heterocycles. The van der Waals surface area contributed by atoms with Crippen molar-refractivity contribution in [3.8, 4) is 0 Å². The van der Waals surface area contributed by atoms with E-state index in [4.69, 9.17) is 9.16 Å². The van der Waals surface area contributed by atoms with E-state index in [-0.39, 0.29) is 11.9 Å². The van der Waals surface area contributed by atoms with Crippen molar-refractivity contribution in [1.82, 2.24) is 0 Å². The van der Waals surface area contributed by atoms with Crippen molar-refractivity contribution in [3.05, 3.63) is 0 Å². The van der Waals surface area contributed by atoms with E-state index < -0.39 is 13.9 Å². The minimum Gasteiger partial charge on any atom is -0.403 e. The zero-order valence-corrected chi connectivity index (χ0v) is 14.3. The number of ketones is 1. The van der Waals surface area contributed by atoms with Crippen molar-refractivity contribution in [2.24, 2.45) is 0 Å². The largest absolute Gasteiger partial charge is 0.403 e. The number of Topliss-reactive ketones (excluding diaryl/α,β-unsaturated/α-hetero) is 1. The van der Waals surface area contributed by atoms with Crippen LogP contribution >= 0.6 is 0 Å². The van der Waals surface area contributed by atoms with E-state index in [2.05, 4.69) is 26.6 Å². The molecular weight excluding hydrogens is 256 g/mol. The van der Waals surface area contributed by atoms with Gasteiger partial charge in [0.15, 0.2) is 14.1 Å². The van der Waals surface area contributed by atoms with Crippen LogP contribution in [0.1, 0.15) is 52.4 Å². The fourth-order valence-corrected chi connectivity index (χ4v) is 4.21. The molecule has 0 aromatic carbocycles. The van der Waals surface area contributed by atoms with Crippen LogP contribution in [0.3, 0.4) is 0 Å². The fraction of sp³-hybridized carbons (Fsp3) is 0.933. The minimum atomic E-state index is -1.74. The summed E-state index contributed by atoms with van der Waals surface area (Å²) < 4.78 is 12.2. The maximum atomic E-state index is 12.2. The Morgan fingerprint density at radius 2 is 1.95 bits per heavy atom. The summed E-state index contributed by atoms with van der Waals surface area (Å²) in [4.78, 5) is 12.2. The zero-order valence-electron chi connectivity index (χ0n) is 13.3. The number of unbranched alkanes of at least 4 members (excludes halogenated alkanes) is 2. The van der Waals surface area contributed by atoms with Crippen molar-refractivity contribution in [2.75, 3.05) is 6.61 Å². The standard InChI is InChI=1S/C15H30O3Si/c1-6-8-9-10-14(17-7-2)15(12-11-13(15)16)18-19(3,4)5/h14H,6-12H2,1-5H3. The van der Waals surface area contributed by atoms with Crippen LogP contribution in [0.4, 0.5) is 0 Å². The van der Waals surface area contributed by atoms with Crippen LogP contribution in [0.15, 0.2) is 0 Å². The van der Waals surface area contributed by atoms with Crippen molar-refractivity contribution in [3.63, 3.8) is 0 Å². The lowest BCUT2D eigenvalue weighted by Crippen LogP contribution is -2.63. The average molecular weight is 286 g/mol. The van der Waals surface area contributed by atoms with Gasteiger partial charge in [-0.3, -0.25) is 4.79 Å². The number of ether oxygens (including phenoxy) is 1. The molecule has 0 N–H and O–H groups in total. The number of rotatable bonds is 9. The molecule has 1 saturated carbocycles. The summed E-state index contributed by atoms with van der Waals surface area (Å²) in [5, 5.41) is 0. The fourth-order valence-electron chi connectivity index (χ4n) is 2.77. The topological polar surface area (TPSA) is 35.5 Å². The van der Waals surface area contributed by atoms with Gasteiger partial charge >= 0.3 is 0 Å². The number of carbonyl (C=O) groups is 1. The number of carbonyl (C=O) groups excluding carboxylic acids is 1. The first-order chi connectivity index (χ1) is 8.85. The smallest absolute Gasteiger partial charge is 0.185 e. The second kappa shape index (κ2) is 7.00. The molecule has 0 amide bonds. The highest BCUT2D eigenvalue weighted by atomic mass is 28.4. The van der Waals surface area contributed by atoms with Gasteiger partial charge in [-0.2, -0.15) is 0 Å². The Hall–Kier alpha value is -0.193. The van der Waals surface area contributed by atoms with Crippen LogP contribution in [-0.4, -0.2) is 32.4 Å². The van der Waals surface area contributed by atoms with E-state index in [0.717, 1.165) is 19.3 Å². The van der Waals surface area contributed by atoms with E-state index >= 15 is 0 Å². The second-order valence-corrected chi connectivity index (χ2v) is 10.9. The summed E-state index contributed by atoms with van der Waals surface area (Å²) in [5.41, 5.74) is -0.617. The van der Waals surface area contributed by atoms with E-state index in [1.54, 1.807) is 0 Å². The second-order valence-electron chi connectivity index (χ2n) is 6.47. The molecule has 3 nitrogen and oxygen atoms in total. The Morgan fingerprint density at radius 3 is 2.32 bits per heavy atom. The first-order valence-corrected chi connectivity index (χ1v) is 11.1. The van der Waals surface area contributed by atoms with Crippen LogP contribution in [-0.2, 0) is 14.0 Å². The van der Waals surface area contributed by atoms with E-state index in [1.807, 2.05) is 6.92 Å². The van der Waals surface area contributed by atoms with Crippen LogP contribution in [0.2, 0.25) is 19.6 Å². The van der Waals surface area contributed by atoms with Crippen molar-refractivity contribution >= 4 is 14.1 Å². The highest BCUT2D eigenvalue weighted by molar-refractivity contribution is 6.70. The lowest BCUT2D eigenvalue weighted by Gasteiger charge is -2.48. The highest BCUT2D eigenvalue weighted by Crippen LogP contribution is 2.40. The van der Waals surface area contributed by atoms with Crippen molar-refractivity contribution in [2.45, 2.75) is 83.7 Å². The van der Waals surface area contributed by atoms with Gasteiger partial charge in [0.2, 0.25) is 0 Å². The predicted molar refractivity (Wildman–Crippen MR) is 81.0 cm³/mol. The van der Waals surface area contributed by atoms with Crippen LogP contribution in [0, 0.1) is 0 Å². The number of hydrogen-bond acceptors (Lipinski definition) is 3. The molecule has 4 heteroatoms. The molecule has 2 unspecified atom stereocenters. The Kier molecular flexibility index (Phi) is 6.21. The molecule has 1 fully saturated rings. The zero-order chi connectivity index (χ0) is 14.5. The Morgan fingerprint density at radius 1 is 1.26 bits per heavy atom. The molecule has 1 aliphatic rings. The van der Waals surface area contributed by atoms with Gasteiger partial charge in [0.1, 0.15) is 5.60 Å². The van der Waals surface area contributed by atoms with Crippen LogP contribution in [0.25, 0.3) is 0 Å². The van der Waals surface area contributed by atoms with Gasteiger partial charge in [-0.05, 0) is 39.4 Å². The maximum absolute atomic E-state index is 12.2. The van der Waals surface area contributed by atoms with Gasteiger partial charge in [0.05, 0.1) is 6.10 Å². The predicted octanol–water partition coefficient (Wildman–Crippen LogP) is 3.93. The summed E-state index contributed by atoms with van der Waals surface area (Å²) in [6.07, 6.45) is 5.89. The Labute approximate surface area is 119 Å². The minimum absolute atomic E-state index is 0.0444. The third kappa shape index (κ3) is 4.40. The van der Waals surface area contributed by atoms with Crippen LogP contribution in [0.5, 0.6) is 0 Å². The Balaban J connectivity index is 2.77. The van der Waals surface area contributed by atoms with Gasteiger partial charge in [-0.25, -0.2) is 0 Å². The lowest BCUT2D eigenvalue weighted by atomic mass is 9.73. The van der Waals surface area contributed by atoms with Crippen molar-refractivity contribution in [1.29, 1.82) is 0 Å². The van der Waals surface area contributed by atoms with Gasteiger partial charge in [0, 0.05) is 13.0 Å². The summed E-state index contributed by atoms with van der Waals surface area (Å²) >= 11 is 0. The van der Waals surface area contributed by atoms with E-state index in [1.165, 1.54) is 12.8 Å². The molecule has 19 heavy (non-hydrogen) atoms. The third-order valence-corrected chi connectivity index (χ3v) is 4.62. The molecule has 0 heterocycles. The molecule has 0 aliphatic heterocycles. The van der Waals surface area contributed by atoms with Gasteiger partial charge < -0.3 is 9.16 Å². The maximum Gasteiger partial charge on any atom is 0.185 e. The monoisotopic (exact) mass is 286 g/mol. The Bertz CT molecular complexity index is 298. The lowest BCUT2D eigenvalue weighted by molar-refractivity contribution is -0.170. The number of hydrogen-bond donors (Lipinski definition) is 0. The van der Waals surface area contributed by atoms with E-state index in [0.29, 0.717) is 13.0 Å². The van der Waals surface area contributed by atoms with Crippen LogP contribution < -0.4 is 0 Å². The SMILES string of the molecule is CCCCCC(OCC)C1(O[Si](C)(C)C)CCC1=O. The molecule has 0 saturated heterocycles. The van der Waals surface area contributed by atoms with Gasteiger partial charge in [-0.15, -0.1) is 0 Å². The molecule has 0 bridgehead atoms. The quantitative estimate of drug-likeness (QED) is 0.476. The molecule has 1 aliphatic carbocycles. The first-order valence-electron chi connectivity index (χ1n) is 7.70. The molecule has 112 valence electrons. The molecular formula is C15H30O3Si. The van der Waals surface area contributed by atoms with Crippen molar-refractivity contribution < 1.29 is 14.0 Å². The molecule has 2 atom stereocenters. The van der Waals surface area contributed by atoms with Gasteiger partial charge in [0.25, 0.3) is 0 Å². The highest BCUT2D eigenvalue weighted by Gasteiger charge is 2.55. The molecule has 0 spiro atoms. The summed E-state index contributed by atoms with van der Waals surface area (Å²) in [6.45, 7) is 11.3. The molecule has 0 radical (unpaired) electrons. The summed E-state index contributed by atoms with van der Waals surface area (Å²) in [7, 11) is -1.74. The first kappa shape index (κ1) is 16.9. The van der Waals surface area contributed by atoms with E-state index in [9.17, 15) is 4.79 Å².